The molecule has 3 fully saturated rings. The maximum Gasteiger partial charge on any atom is 0.219 e. The van der Waals surface area contributed by atoms with E-state index in [1.807, 2.05) is 29.2 Å². The minimum Gasteiger partial charge on any atom is -0.385 e. The third kappa shape index (κ3) is 6.22. The Morgan fingerprint density at radius 3 is 2.03 bits per heavy atom. The Labute approximate surface area is 192 Å². The highest BCUT2D eigenvalue weighted by Crippen LogP contribution is 2.31. The molecule has 0 radical (unpaired) electrons. The van der Waals surface area contributed by atoms with Gasteiger partial charge in [0.2, 0.25) is 5.91 Å². The van der Waals surface area contributed by atoms with Gasteiger partial charge in [-0.05, 0) is 68.6 Å². The number of nitriles is 1. The van der Waals surface area contributed by atoms with Crippen LogP contribution in [0.2, 0.25) is 0 Å². The van der Waals surface area contributed by atoms with Crippen LogP contribution in [0.1, 0.15) is 25.3 Å². The molecule has 4 rings (SSSR count). The van der Waals surface area contributed by atoms with Gasteiger partial charge >= 0.3 is 0 Å². The van der Waals surface area contributed by atoms with Crippen LogP contribution in [0, 0.1) is 23.2 Å². The van der Waals surface area contributed by atoms with Crippen molar-refractivity contribution >= 4 is 11.6 Å². The zero-order valence-electron chi connectivity index (χ0n) is 19.5. The maximum atomic E-state index is 11.4. The molecule has 3 saturated heterocycles. The minimum atomic E-state index is 0.213. The number of fused-ring (bicyclic) bond motifs is 1. The molecule has 0 spiro atoms. The number of rotatable bonds is 9. The van der Waals surface area contributed by atoms with Gasteiger partial charge in [0, 0.05) is 71.5 Å². The first-order valence-corrected chi connectivity index (χ1v) is 12.3. The van der Waals surface area contributed by atoms with Crippen LogP contribution >= 0.6 is 0 Å². The highest BCUT2D eigenvalue weighted by Gasteiger charge is 2.39. The monoisotopic (exact) mass is 438 g/mol. The molecule has 2 unspecified atom stereocenters. The second-order valence-corrected chi connectivity index (χ2v) is 9.71. The third-order valence-electron chi connectivity index (χ3n) is 7.40. The molecule has 3 aliphatic heterocycles. The summed E-state index contributed by atoms with van der Waals surface area (Å²) in [7, 11) is 0. The van der Waals surface area contributed by atoms with E-state index in [2.05, 4.69) is 26.1 Å². The largest absolute Gasteiger partial charge is 0.385 e. The molecule has 0 bridgehead atoms. The molecule has 1 amide bonds. The fraction of sp³-hybridized carbons (Fsp3) is 0.680. The molecule has 0 aromatic heterocycles. The van der Waals surface area contributed by atoms with Crippen LogP contribution < -0.4 is 5.32 Å². The zero-order chi connectivity index (χ0) is 22.3. The molecule has 2 atom stereocenters. The zero-order valence-corrected chi connectivity index (χ0v) is 19.5. The standard InChI is InChI=1S/C25H38N6O/c1-21(32)31-14-12-28(13-15-31)10-3-11-30-19-23-17-29(18-24(23)20-30)9-2-8-27-25-6-4-22(16-26)5-7-25/h4-7,23-24,27H,2-3,8-15,17-20H2,1H3. The van der Waals surface area contributed by atoms with E-state index in [1.165, 1.54) is 45.7 Å². The van der Waals surface area contributed by atoms with Gasteiger partial charge in [0.05, 0.1) is 11.6 Å². The molecule has 1 aromatic rings. The van der Waals surface area contributed by atoms with Crippen molar-refractivity contribution in [3.8, 4) is 6.07 Å². The Kier molecular flexibility index (Phi) is 8.01. The van der Waals surface area contributed by atoms with Crippen molar-refractivity contribution in [2.24, 2.45) is 11.8 Å². The van der Waals surface area contributed by atoms with Gasteiger partial charge in [0.15, 0.2) is 0 Å². The molecule has 174 valence electrons. The number of amides is 1. The summed E-state index contributed by atoms with van der Waals surface area (Å²) in [6.07, 6.45) is 2.39. The summed E-state index contributed by atoms with van der Waals surface area (Å²) in [6.45, 7) is 15.1. The number of anilines is 1. The van der Waals surface area contributed by atoms with Crippen LogP contribution in [0.15, 0.2) is 24.3 Å². The van der Waals surface area contributed by atoms with Crippen molar-refractivity contribution in [1.29, 1.82) is 5.26 Å². The molecule has 0 aliphatic carbocycles. The Balaban J connectivity index is 1.05. The molecular formula is C25H38N6O. The van der Waals surface area contributed by atoms with E-state index < -0.39 is 0 Å². The topological polar surface area (TPSA) is 65.9 Å². The predicted octanol–water partition coefficient (Wildman–Crippen LogP) is 1.78. The molecule has 3 heterocycles. The second-order valence-electron chi connectivity index (χ2n) is 9.71. The van der Waals surface area contributed by atoms with Gasteiger partial charge in [0.25, 0.3) is 0 Å². The molecule has 0 saturated carbocycles. The first-order chi connectivity index (χ1) is 15.6. The van der Waals surface area contributed by atoms with Crippen molar-refractivity contribution in [3.63, 3.8) is 0 Å². The number of nitrogens with zero attached hydrogens (tertiary/aromatic N) is 5. The highest BCUT2D eigenvalue weighted by molar-refractivity contribution is 5.73. The summed E-state index contributed by atoms with van der Waals surface area (Å²) in [5.41, 5.74) is 1.80. The SMILES string of the molecule is CC(=O)N1CCN(CCCN2CC3CN(CCCNc4ccc(C#N)cc4)CC3C2)CC1. The lowest BCUT2D eigenvalue weighted by atomic mass is 10.0. The van der Waals surface area contributed by atoms with Crippen LogP contribution in [-0.2, 0) is 4.79 Å². The average molecular weight is 439 g/mol. The molecular weight excluding hydrogens is 400 g/mol. The lowest BCUT2D eigenvalue weighted by Gasteiger charge is -2.34. The number of carbonyl (C=O) groups is 1. The number of hydrogen-bond acceptors (Lipinski definition) is 6. The van der Waals surface area contributed by atoms with Crippen molar-refractivity contribution in [1.82, 2.24) is 19.6 Å². The third-order valence-corrected chi connectivity index (χ3v) is 7.40. The average Bonchev–Trinajstić information content (AvgIpc) is 3.36. The van der Waals surface area contributed by atoms with E-state index in [-0.39, 0.29) is 5.91 Å². The van der Waals surface area contributed by atoms with Gasteiger partial charge in [-0.15, -0.1) is 0 Å². The van der Waals surface area contributed by atoms with Gasteiger partial charge in [-0.2, -0.15) is 5.26 Å². The summed E-state index contributed by atoms with van der Waals surface area (Å²) in [6, 6.07) is 9.86. The maximum absolute atomic E-state index is 11.4. The second kappa shape index (κ2) is 11.1. The number of nitrogens with one attached hydrogen (secondary N) is 1. The first kappa shape index (κ1) is 23.0. The number of piperazine rings is 1. The molecule has 32 heavy (non-hydrogen) atoms. The fourth-order valence-corrected chi connectivity index (χ4v) is 5.55. The summed E-state index contributed by atoms with van der Waals surface area (Å²) in [4.78, 5) is 21.3. The summed E-state index contributed by atoms with van der Waals surface area (Å²) < 4.78 is 0. The fourth-order valence-electron chi connectivity index (χ4n) is 5.55. The Morgan fingerprint density at radius 2 is 1.47 bits per heavy atom. The summed E-state index contributed by atoms with van der Waals surface area (Å²) >= 11 is 0. The van der Waals surface area contributed by atoms with E-state index in [0.29, 0.717) is 5.56 Å². The molecule has 1 N–H and O–H groups in total. The summed E-state index contributed by atoms with van der Waals surface area (Å²) in [5.74, 6) is 1.91. The van der Waals surface area contributed by atoms with Gasteiger partial charge in [0.1, 0.15) is 0 Å². The Hall–Kier alpha value is -2.14. The molecule has 3 aliphatic rings. The molecule has 7 heteroatoms. The van der Waals surface area contributed by atoms with Crippen LogP contribution in [0.25, 0.3) is 0 Å². The van der Waals surface area contributed by atoms with Crippen molar-refractivity contribution in [3.05, 3.63) is 29.8 Å². The molecule has 7 nitrogen and oxygen atoms in total. The van der Waals surface area contributed by atoms with E-state index in [4.69, 9.17) is 5.26 Å². The predicted molar refractivity (Wildman–Crippen MR) is 127 cm³/mol. The van der Waals surface area contributed by atoms with Crippen LogP contribution in [0.3, 0.4) is 0 Å². The first-order valence-electron chi connectivity index (χ1n) is 12.3. The Morgan fingerprint density at radius 1 is 0.906 bits per heavy atom. The van der Waals surface area contributed by atoms with E-state index in [9.17, 15) is 4.79 Å². The number of hydrogen-bond donors (Lipinski definition) is 1. The Bertz CT molecular complexity index is 769. The van der Waals surface area contributed by atoms with Crippen LogP contribution in [0.4, 0.5) is 5.69 Å². The van der Waals surface area contributed by atoms with Gasteiger partial charge in [-0.25, -0.2) is 0 Å². The van der Waals surface area contributed by atoms with Gasteiger partial charge in [-0.3, -0.25) is 9.69 Å². The number of benzene rings is 1. The van der Waals surface area contributed by atoms with E-state index >= 15 is 0 Å². The van der Waals surface area contributed by atoms with Gasteiger partial charge in [-0.1, -0.05) is 0 Å². The van der Waals surface area contributed by atoms with Crippen molar-refractivity contribution in [2.75, 3.05) is 83.9 Å². The van der Waals surface area contributed by atoms with Crippen molar-refractivity contribution < 1.29 is 4.79 Å². The lowest BCUT2D eigenvalue weighted by molar-refractivity contribution is -0.130. The van der Waals surface area contributed by atoms with E-state index in [0.717, 1.165) is 63.2 Å². The number of carbonyl (C=O) groups excluding carboxylic acids is 1. The highest BCUT2D eigenvalue weighted by atomic mass is 16.2. The summed E-state index contributed by atoms with van der Waals surface area (Å²) in [5, 5.41) is 12.3. The quantitative estimate of drug-likeness (QED) is 0.593. The van der Waals surface area contributed by atoms with Crippen molar-refractivity contribution in [2.45, 2.75) is 19.8 Å². The normalized spacial score (nSPS) is 24.4. The van der Waals surface area contributed by atoms with Gasteiger partial charge < -0.3 is 20.0 Å². The van der Waals surface area contributed by atoms with E-state index in [1.54, 1.807) is 6.92 Å². The lowest BCUT2D eigenvalue weighted by Crippen LogP contribution is -2.48. The van der Waals surface area contributed by atoms with Crippen LogP contribution in [0.5, 0.6) is 0 Å². The smallest absolute Gasteiger partial charge is 0.219 e. The molecule has 1 aromatic carbocycles. The minimum absolute atomic E-state index is 0.213. The number of likely N-dealkylation sites (tertiary alicyclic amines) is 2. The van der Waals surface area contributed by atoms with Crippen LogP contribution in [-0.4, -0.2) is 104 Å².